The number of rotatable bonds is 2. The summed E-state index contributed by atoms with van der Waals surface area (Å²) in [7, 11) is 1.75. The number of hydrogen-bond donors (Lipinski definition) is 0. The van der Waals surface area contributed by atoms with Gasteiger partial charge in [0.1, 0.15) is 0 Å². The summed E-state index contributed by atoms with van der Waals surface area (Å²) in [5.41, 5.74) is 0.0846. The predicted octanol–water partition coefficient (Wildman–Crippen LogP) is 1.89. The van der Waals surface area contributed by atoms with Crippen LogP contribution in [0.5, 0.6) is 0 Å². The highest BCUT2D eigenvalue weighted by Crippen LogP contribution is 2.10. The number of hydrogen-bond acceptors (Lipinski definition) is 1. The molecular weight excluding hydrogens is 124 g/mol. The van der Waals surface area contributed by atoms with E-state index in [1.165, 1.54) is 0 Å². The van der Waals surface area contributed by atoms with E-state index in [0.717, 1.165) is 0 Å². The second-order valence-corrected chi connectivity index (χ2v) is 3.13. The van der Waals surface area contributed by atoms with Crippen molar-refractivity contribution in [1.82, 2.24) is 4.90 Å². The molecule has 0 radical (unpaired) electrons. The molecule has 0 unspecified atom stereocenters. The van der Waals surface area contributed by atoms with Crippen molar-refractivity contribution < 1.29 is 0 Å². The Morgan fingerprint density at radius 3 is 2.00 bits per heavy atom. The Balaban J connectivity index is 4.21. The second kappa shape index (κ2) is 3.40. The van der Waals surface area contributed by atoms with Gasteiger partial charge in [-0.25, -0.2) is 0 Å². The fourth-order valence-electron chi connectivity index (χ4n) is 0.619. The molecule has 0 aromatic rings. The zero-order valence-corrected chi connectivity index (χ0v) is 7.26. The van der Waals surface area contributed by atoms with Gasteiger partial charge in [-0.05, 0) is 27.0 Å². The van der Waals surface area contributed by atoms with Crippen LogP contribution < -0.4 is 0 Å². The fourth-order valence-corrected chi connectivity index (χ4v) is 0.619. The van der Waals surface area contributed by atoms with E-state index in [-0.39, 0.29) is 5.54 Å². The largest absolute Gasteiger partial charge is 0.335 e. The van der Waals surface area contributed by atoms with Crippen LogP contribution in [0.15, 0.2) is 17.8 Å². The molecule has 0 heterocycles. The van der Waals surface area contributed by atoms with Crippen LogP contribution in [0, 0.1) is 0 Å². The lowest BCUT2D eigenvalue weighted by molar-refractivity contribution is 0.320. The van der Waals surface area contributed by atoms with Gasteiger partial charge < -0.3 is 4.90 Å². The standard InChI is InChI=1S/C8H16N2/c1-6-10(7-9-5)8(2,3)4/h6-7H,1H2,2-5H3. The molecule has 0 aromatic carbocycles. The van der Waals surface area contributed by atoms with Crippen molar-refractivity contribution in [3.63, 3.8) is 0 Å². The topological polar surface area (TPSA) is 15.6 Å². The van der Waals surface area contributed by atoms with Crippen LogP contribution in [0.1, 0.15) is 20.8 Å². The lowest BCUT2D eigenvalue weighted by atomic mass is 10.1. The molecule has 0 spiro atoms. The Hall–Kier alpha value is -0.790. The maximum absolute atomic E-state index is 3.90. The Labute approximate surface area is 63.3 Å². The highest BCUT2D eigenvalue weighted by atomic mass is 15.2. The van der Waals surface area contributed by atoms with Gasteiger partial charge in [-0.15, -0.1) is 0 Å². The smallest absolute Gasteiger partial charge is 0.0890 e. The normalized spacial score (nSPS) is 12.0. The summed E-state index contributed by atoms with van der Waals surface area (Å²) in [6, 6.07) is 0. The van der Waals surface area contributed by atoms with Crippen LogP contribution in [-0.4, -0.2) is 23.8 Å². The van der Waals surface area contributed by atoms with Gasteiger partial charge in [0.05, 0.1) is 6.34 Å². The first-order valence-electron chi connectivity index (χ1n) is 3.35. The summed E-state index contributed by atoms with van der Waals surface area (Å²) in [6.07, 6.45) is 3.54. The Bertz CT molecular complexity index is 131. The summed E-state index contributed by atoms with van der Waals surface area (Å²) in [5, 5.41) is 0. The van der Waals surface area contributed by atoms with E-state index in [2.05, 4.69) is 32.3 Å². The minimum Gasteiger partial charge on any atom is -0.335 e. The van der Waals surface area contributed by atoms with Crippen LogP contribution in [0.2, 0.25) is 0 Å². The van der Waals surface area contributed by atoms with Gasteiger partial charge in [-0.2, -0.15) is 0 Å². The average molecular weight is 140 g/mol. The molecule has 0 atom stereocenters. The fraction of sp³-hybridized carbons (Fsp3) is 0.625. The molecule has 0 saturated heterocycles. The van der Waals surface area contributed by atoms with Crippen molar-refractivity contribution in [3.8, 4) is 0 Å². The first-order valence-corrected chi connectivity index (χ1v) is 3.35. The SMILES string of the molecule is C=CN(C=NC)C(C)(C)C. The van der Waals surface area contributed by atoms with E-state index in [0.29, 0.717) is 0 Å². The molecule has 0 aliphatic heterocycles. The van der Waals surface area contributed by atoms with Crippen LogP contribution >= 0.6 is 0 Å². The molecule has 10 heavy (non-hydrogen) atoms. The minimum absolute atomic E-state index is 0.0846. The Morgan fingerprint density at radius 2 is 1.90 bits per heavy atom. The third-order valence-electron chi connectivity index (χ3n) is 1.21. The molecule has 0 N–H and O–H groups in total. The molecule has 0 fully saturated rings. The van der Waals surface area contributed by atoms with Gasteiger partial charge in [0.2, 0.25) is 0 Å². The summed E-state index contributed by atoms with van der Waals surface area (Å²) >= 11 is 0. The van der Waals surface area contributed by atoms with Gasteiger partial charge in [0.25, 0.3) is 0 Å². The third-order valence-corrected chi connectivity index (χ3v) is 1.21. The lowest BCUT2D eigenvalue weighted by Gasteiger charge is -2.30. The van der Waals surface area contributed by atoms with Crippen molar-refractivity contribution in [2.75, 3.05) is 7.05 Å². The predicted molar refractivity (Wildman–Crippen MR) is 46.2 cm³/mol. The minimum atomic E-state index is 0.0846. The molecule has 2 heteroatoms. The van der Waals surface area contributed by atoms with Crippen molar-refractivity contribution in [1.29, 1.82) is 0 Å². The molecule has 0 rings (SSSR count). The van der Waals surface area contributed by atoms with Gasteiger partial charge in [-0.1, -0.05) is 6.58 Å². The number of nitrogens with zero attached hydrogens (tertiary/aromatic N) is 2. The van der Waals surface area contributed by atoms with E-state index in [9.17, 15) is 0 Å². The molecule has 0 aliphatic rings. The Kier molecular flexibility index (Phi) is 3.13. The molecule has 0 amide bonds. The van der Waals surface area contributed by atoms with E-state index in [1.54, 1.807) is 19.6 Å². The van der Waals surface area contributed by atoms with E-state index in [1.807, 2.05) is 4.90 Å². The second-order valence-electron chi connectivity index (χ2n) is 3.13. The van der Waals surface area contributed by atoms with Crippen LogP contribution in [0.4, 0.5) is 0 Å². The molecule has 0 bridgehead atoms. The molecule has 0 aromatic heterocycles. The first kappa shape index (κ1) is 9.21. The molecule has 2 nitrogen and oxygen atoms in total. The van der Waals surface area contributed by atoms with Crippen LogP contribution in [0.25, 0.3) is 0 Å². The van der Waals surface area contributed by atoms with Gasteiger partial charge in [-0.3, -0.25) is 4.99 Å². The monoisotopic (exact) mass is 140 g/mol. The highest BCUT2D eigenvalue weighted by molar-refractivity contribution is 5.57. The third kappa shape index (κ3) is 2.67. The number of aliphatic imine (C=N–C) groups is 1. The van der Waals surface area contributed by atoms with E-state index >= 15 is 0 Å². The van der Waals surface area contributed by atoms with Gasteiger partial charge >= 0.3 is 0 Å². The first-order chi connectivity index (χ1) is 4.52. The van der Waals surface area contributed by atoms with Crippen molar-refractivity contribution in [2.24, 2.45) is 4.99 Å². The van der Waals surface area contributed by atoms with Gasteiger partial charge in [0.15, 0.2) is 0 Å². The Morgan fingerprint density at radius 1 is 1.40 bits per heavy atom. The van der Waals surface area contributed by atoms with Crippen LogP contribution in [-0.2, 0) is 0 Å². The summed E-state index contributed by atoms with van der Waals surface area (Å²) in [4.78, 5) is 5.87. The maximum atomic E-state index is 3.90. The van der Waals surface area contributed by atoms with Crippen molar-refractivity contribution >= 4 is 6.34 Å². The lowest BCUT2D eigenvalue weighted by Crippen LogP contribution is -2.35. The zero-order chi connectivity index (χ0) is 8.20. The highest BCUT2D eigenvalue weighted by Gasteiger charge is 2.14. The van der Waals surface area contributed by atoms with E-state index in [4.69, 9.17) is 0 Å². The summed E-state index contributed by atoms with van der Waals surface area (Å²) in [5.74, 6) is 0. The molecular formula is C8H16N2. The van der Waals surface area contributed by atoms with Gasteiger partial charge in [0, 0.05) is 12.6 Å². The van der Waals surface area contributed by atoms with Crippen molar-refractivity contribution in [2.45, 2.75) is 26.3 Å². The molecule has 58 valence electrons. The summed E-state index contributed by atoms with van der Waals surface area (Å²) in [6.45, 7) is 10.0. The summed E-state index contributed by atoms with van der Waals surface area (Å²) < 4.78 is 0. The maximum Gasteiger partial charge on any atom is 0.0890 e. The average Bonchev–Trinajstić information content (AvgIpc) is 1.80. The molecule has 0 aliphatic carbocycles. The van der Waals surface area contributed by atoms with Crippen molar-refractivity contribution in [3.05, 3.63) is 12.8 Å². The van der Waals surface area contributed by atoms with Crippen LogP contribution in [0.3, 0.4) is 0 Å². The molecule has 0 saturated carbocycles. The zero-order valence-electron chi connectivity index (χ0n) is 7.26. The van der Waals surface area contributed by atoms with E-state index < -0.39 is 0 Å². The quantitative estimate of drug-likeness (QED) is 0.422.